The molecule has 0 aliphatic carbocycles. The molecule has 14 heavy (non-hydrogen) atoms. The van der Waals surface area contributed by atoms with Crippen molar-refractivity contribution >= 4 is 39.9 Å². The van der Waals surface area contributed by atoms with Gasteiger partial charge in [-0.1, -0.05) is 33.6 Å². The van der Waals surface area contributed by atoms with Crippen molar-refractivity contribution in [1.29, 1.82) is 0 Å². The van der Waals surface area contributed by atoms with E-state index in [2.05, 4.69) is 15.9 Å². The zero-order valence-corrected chi connectivity index (χ0v) is 10.6. The first-order valence-corrected chi connectivity index (χ1v) is 5.13. The molecular formula is C9H12BrCl2NO. The minimum absolute atomic E-state index is 0. The number of aliphatic hydroxyl groups is 1. The number of benzene rings is 1. The SMILES string of the molecule is Cl.N[C@@H](CCO)c1ccc(Cl)cc1Br. The van der Waals surface area contributed by atoms with Crippen LogP contribution in [0.2, 0.25) is 5.02 Å². The maximum atomic E-state index is 8.72. The molecule has 0 saturated carbocycles. The number of nitrogens with two attached hydrogens (primary N) is 1. The highest BCUT2D eigenvalue weighted by Crippen LogP contribution is 2.26. The van der Waals surface area contributed by atoms with E-state index in [0.29, 0.717) is 11.4 Å². The summed E-state index contributed by atoms with van der Waals surface area (Å²) >= 11 is 9.15. The normalized spacial score (nSPS) is 12.0. The third kappa shape index (κ3) is 3.75. The zero-order chi connectivity index (χ0) is 9.84. The van der Waals surface area contributed by atoms with E-state index in [1.165, 1.54) is 0 Å². The van der Waals surface area contributed by atoms with Gasteiger partial charge >= 0.3 is 0 Å². The van der Waals surface area contributed by atoms with Crippen molar-refractivity contribution in [3.05, 3.63) is 33.3 Å². The van der Waals surface area contributed by atoms with Gasteiger partial charge in [-0.2, -0.15) is 0 Å². The van der Waals surface area contributed by atoms with Crippen molar-refractivity contribution in [1.82, 2.24) is 0 Å². The Morgan fingerprint density at radius 3 is 2.64 bits per heavy atom. The summed E-state index contributed by atoms with van der Waals surface area (Å²) < 4.78 is 0.890. The van der Waals surface area contributed by atoms with E-state index < -0.39 is 0 Å². The number of halogens is 3. The van der Waals surface area contributed by atoms with Crippen LogP contribution < -0.4 is 5.73 Å². The van der Waals surface area contributed by atoms with Crippen molar-refractivity contribution in [2.45, 2.75) is 12.5 Å². The summed E-state index contributed by atoms with van der Waals surface area (Å²) in [5.41, 5.74) is 6.79. The summed E-state index contributed by atoms with van der Waals surface area (Å²) in [4.78, 5) is 0. The molecule has 0 spiro atoms. The Labute approximate surface area is 103 Å². The smallest absolute Gasteiger partial charge is 0.0449 e. The van der Waals surface area contributed by atoms with Crippen molar-refractivity contribution in [3.8, 4) is 0 Å². The van der Waals surface area contributed by atoms with Crippen molar-refractivity contribution in [2.75, 3.05) is 6.61 Å². The van der Waals surface area contributed by atoms with E-state index in [1.807, 2.05) is 6.07 Å². The fraction of sp³-hybridized carbons (Fsp3) is 0.333. The lowest BCUT2D eigenvalue weighted by Crippen LogP contribution is -2.12. The third-order valence-corrected chi connectivity index (χ3v) is 2.72. The van der Waals surface area contributed by atoms with Crippen molar-refractivity contribution < 1.29 is 5.11 Å². The van der Waals surface area contributed by atoms with E-state index in [1.54, 1.807) is 12.1 Å². The first kappa shape index (κ1) is 14.2. The van der Waals surface area contributed by atoms with Crippen LogP contribution in [0.15, 0.2) is 22.7 Å². The largest absolute Gasteiger partial charge is 0.396 e. The highest BCUT2D eigenvalue weighted by Gasteiger charge is 2.08. The van der Waals surface area contributed by atoms with Crippen LogP contribution in [-0.4, -0.2) is 11.7 Å². The molecule has 1 atom stereocenters. The Balaban J connectivity index is 0.00000169. The molecule has 0 unspecified atom stereocenters. The van der Waals surface area contributed by atoms with Gasteiger partial charge < -0.3 is 10.8 Å². The van der Waals surface area contributed by atoms with Gasteiger partial charge in [0.05, 0.1) is 0 Å². The molecule has 0 aliphatic rings. The number of hydrogen-bond acceptors (Lipinski definition) is 2. The lowest BCUT2D eigenvalue weighted by molar-refractivity contribution is 0.276. The Morgan fingerprint density at radius 2 is 2.14 bits per heavy atom. The predicted molar refractivity (Wildman–Crippen MR) is 65.0 cm³/mol. The van der Waals surface area contributed by atoms with E-state index in [9.17, 15) is 0 Å². The quantitative estimate of drug-likeness (QED) is 0.901. The van der Waals surface area contributed by atoms with Gasteiger partial charge in [-0.3, -0.25) is 0 Å². The molecular weight excluding hydrogens is 289 g/mol. The lowest BCUT2D eigenvalue weighted by atomic mass is 10.1. The Morgan fingerprint density at radius 1 is 1.50 bits per heavy atom. The molecule has 1 aromatic rings. The summed E-state index contributed by atoms with van der Waals surface area (Å²) in [5, 5.41) is 9.40. The van der Waals surface area contributed by atoms with E-state index in [4.69, 9.17) is 22.4 Å². The molecule has 0 fully saturated rings. The topological polar surface area (TPSA) is 46.2 Å². The monoisotopic (exact) mass is 299 g/mol. The summed E-state index contributed by atoms with van der Waals surface area (Å²) in [6.07, 6.45) is 0.556. The van der Waals surface area contributed by atoms with Crippen LogP contribution in [0.25, 0.3) is 0 Å². The number of rotatable bonds is 3. The van der Waals surface area contributed by atoms with Gasteiger partial charge in [0.2, 0.25) is 0 Å². The molecule has 0 aromatic heterocycles. The average Bonchev–Trinajstić information content (AvgIpc) is 2.04. The molecule has 0 saturated heterocycles. The zero-order valence-electron chi connectivity index (χ0n) is 7.41. The first-order chi connectivity index (χ1) is 6.15. The summed E-state index contributed by atoms with van der Waals surface area (Å²) in [6.45, 7) is 0.0935. The molecule has 0 heterocycles. The van der Waals surface area contributed by atoms with Crippen molar-refractivity contribution in [2.24, 2.45) is 5.73 Å². The van der Waals surface area contributed by atoms with Crippen LogP contribution in [-0.2, 0) is 0 Å². The third-order valence-electron chi connectivity index (χ3n) is 1.80. The van der Waals surface area contributed by atoms with Crippen LogP contribution in [0, 0.1) is 0 Å². The first-order valence-electron chi connectivity index (χ1n) is 3.96. The second-order valence-corrected chi connectivity index (χ2v) is 4.08. The van der Waals surface area contributed by atoms with Crippen LogP contribution in [0.4, 0.5) is 0 Å². The Hall–Kier alpha value is 0.200. The van der Waals surface area contributed by atoms with Gasteiger partial charge in [0.1, 0.15) is 0 Å². The summed E-state index contributed by atoms with van der Waals surface area (Å²) in [7, 11) is 0. The molecule has 0 amide bonds. The van der Waals surface area contributed by atoms with Crippen LogP contribution >= 0.6 is 39.9 Å². The van der Waals surface area contributed by atoms with Crippen LogP contribution in [0.5, 0.6) is 0 Å². The van der Waals surface area contributed by atoms with E-state index in [-0.39, 0.29) is 25.1 Å². The Bertz CT molecular complexity index is 296. The maximum Gasteiger partial charge on any atom is 0.0449 e. The minimum Gasteiger partial charge on any atom is -0.396 e. The highest BCUT2D eigenvalue weighted by molar-refractivity contribution is 9.10. The van der Waals surface area contributed by atoms with Gasteiger partial charge in [0, 0.05) is 22.1 Å². The molecule has 3 N–H and O–H groups in total. The average molecular weight is 301 g/mol. The summed E-state index contributed by atoms with van der Waals surface area (Å²) in [6, 6.07) is 5.32. The molecule has 2 nitrogen and oxygen atoms in total. The van der Waals surface area contributed by atoms with Gasteiger partial charge in [-0.15, -0.1) is 12.4 Å². The highest BCUT2D eigenvalue weighted by atomic mass is 79.9. The molecule has 1 rings (SSSR count). The van der Waals surface area contributed by atoms with Crippen LogP contribution in [0.1, 0.15) is 18.0 Å². The molecule has 0 radical (unpaired) electrons. The van der Waals surface area contributed by atoms with Gasteiger partial charge in [0.15, 0.2) is 0 Å². The van der Waals surface area contributed by atoms with Gasteiger partial charge in [-0.25, -0.2) is 0 Å². The van der Waals surface area contributed by atoms with E-state index >= 15 is 0 Å². The molecule has 80 valence electrons. The molecule has 5 heteroatoms. The predicted octanol–water partition coefficient (Wildman–Crippen LogP) is 2.91. The second kappa shape index (κ2) is 6.64. The maximum absolute atomic E-state index is 8.72. The molecule has 1 aromatic carbocycles. The lowest BCUT2D eigenvalue weighted by Gasteiger charge is -2.12. The number of aliphatic hydroxyl groups excluding tert-OH is 1. The fourth-order valence-corrected chi connectivity index (χ4v) is 2.07. The minimum atomic E-state index is -0.142. The van der Waals surface area contributed by atoms with Gasteiger partial charge in [0.25, 0.3) is 0 Å². The summed E-state index contributed by atoms with van der Waals surface area (Å²) in [5.74, 6) is 0. The fourth-order valence-electron chi connectivity index (χ4n) is 1.10. The van der Waals surface area contributed by atoms with Crippen LogP contribution in [0.3, 0.4) is 0 Å². The Kier molecular flexibility index (Phi) is 6.74. The van der Waals surface area contributed by atoms with E-state index in [0.717, 1.165) is 10.0 Å². The van der Waals surface area contributed by atoms with Crippen molar-refractivity contribution in [3.63, 3.8) is 0 Å². The molecule has 0 aliphatic heterocycles. The second-order valence-electron chi connectivity index (χ2n) is 2.78. The van der Waals surface area contributed by atoms with Gasteiger partial charge in [-0.05, 0) is 24.1 Å². The standard InChI is InChI=1S/C9H11BrClNO.ClH/c10-8-5-6(11)1-2-7(8)9(12)3-4-13;/h1-2,5,9,13H,3-4,12H2;1H/t9-;/m0./s1. The molecule has 0 bridgehead atoms. The number of hydrogen-bond donors (Lipinski definition) is 2.